The van der Waals surface area contributed by atoms with E-state index in [9.17, 15) is 4.79 Å². The van der Waals surface area contributed by atoms with Crippen LogP contribution >= 0.6 is 0 Å². The topological polar surface area (TPSA) is 63.3 Å². The van der Waals surface area contributed by atoms with Crippen LogP contribution in [0.2, 0.25) is 0 Å². The molecule has 0 unspecified atom stereocenters. The third-order valence-electron chi connectivity index (χ3n) is 4.62. The Bertz CT molecular complexity index is 789. The average Bonchev–Trinajstić information content (AvgIpc) is 2.73. The van der Waals surface area contributed by atoms with Gasteiger partial charge in [-0.1, -0.05) is 6.07 Å². The highest BCUT2D eigenvalue weighted by atomic mass is 16.5. The van der Waals surface area contributed by atoms with Crippen molar-refractivity contribution in [3.05, 3.63) is 42.5 Å². The van der Waals surface area contributed by atoms with E-state index >= 15 is 0 Å². The van der Waals surface area contributed by atoms with E-state index in [1.54, 1.807) is 39.5 Å². The second-order valence-corrected chi connectivity index (χ2v) is 6.18. The summed E-state index contributed by atoms with van der Waals surface area (Å²) >= 11 is 0. The van der Waals surface area contributed by atoms with Gasteiger partial charge in [0.15, 0.2) is 11.5 Å². The van der Waals surface area contributed by atoms with Gasteiger partial charge in [0.1, 0.15) is 5.75 Å². The number of hydrogen-bond donors (Lipinski definition) is 1. The molecule has 2 amide bonds. The van der Waals surface area contributed by atoms with Gasteiger partial charge in [0.2, 0.25) is 0 Å². The number of rotatable bonds is 5. The second-order valence-electron chi connectivity index (χ2n) is 6.18. The number of hydrogen-bond acceptors (Lipinski definition) is 5. The highest BCUT2D eigenvalue weighted by molar-refractivity contribution is 5.90. The Morgan fingerprint density at radius 3 is 2.30 bits per heavy atom. The van der Waals surface area contributed by atoms with Crippen LogP contribution in [0, 0.1) is 0 Å². The van der Waals surface area contributed by atoms with Crippen molar-refractivity contribution in [2.24, 2.45) is 0 Å². The van der Waals surface area contributed by atoms with E-state index in [0.29, 0.717) is 30.3 Å². The predicted molar refractivity (Wildman–Crippen MR) is 105 cm³/mol. The van der Waals surface area contributed by atoms with Crippen molar-refractivity contribution in [3.8, 4) is 17.2 Å². The molecule has 1 saturated heterocycles. The number of piperazine rings is 1. The smallest absolute Gasteiger partial charge is 0.321 e. The number of nitrogens with one attached hydrogen (secondary N) is 1. The van der Waals surface area contributed by atoms with Gasteiger partial charge in [0.05, 0.1) is 21.3 Å². The van der Waals surface area contributed by atoms with Crippen molar-refractivity contribution in [3.63, 3.8) is 0 Å². The molecule has 144 valence electrons. The number of methoxy groups -OCH3 is 3. The number of benzene rings is 2. The van der Waals surface area contributed by atoms with Crippen LogP contribution in [0.1, 0.15) is 0 Å². The van der Waals surface area contributed by atoms with Gasteiger partial charge in [-0.05, 0) is 24.3 Å². The van der Waals surface area contributed by atoms with Crippen LogP contribution in [0.5, 0.6) is 17.2 Å². The summed E-state index contributed by atoms with van der Waals surface area (Å²) in [5, 5.41) is 2.92. The number of nitrogens with zero attached hydrogens (tertiary/aromatic N) is 2. The molecular formula is C20H25N3O4. The third kappa shape index (κ3) is 4.36. The molecule has 2 aromatic rings. The Morgan fingerprint density at radius 1 is 0.889 bits per heavy atom. The number of amides is 2. The highest BCUT2D eigenvalue weighted by Gasteiger charge is 2.22. The Labute approximate surface area is 159 Å². The Hall–Kier alpha value is -3.09. The fourth-order valence-corrected chi connectivity index (χ4v) is 3.09. The first-order valence-electron chi connectivity index (χ1n) is 8.81. The van der Waals surface area contributed by atoms with Gasteiger partial charge in [-0.25, -0.2) is 4.79 Å². The second kappa shape index (κ2) is 8.53. The predicted octanol–water partition coefficient (Wildman–Crippen LogP) is 3.07. The minimum atomic E-state index is -0.118. The normalized spacial score (nSPS) is 13.9. The molecule has 7 heteroatoms. The Kier molecular flexibility index (Phi) is 5.90. The number of carbonyl (C=O) groups excluding carboxylic acids is 1. The minimum absolute atomic E-state index is 0.118. The van der Waals surface area contributed by atoms with Crippen LogP contribution in [0.4, 0.5) is 16.2 Å². The zero-order valence-corrected chi connectivity index (χ0v) is 15.9. The van der Waals surface area contributed by atoms with Gasteiger partial charge < -0.3 is 29.3 Å². The fourth-order valence-electron chi connectivity index (χ4n) is 3.09. The summed E-state index contributed by atoms with van der Waals surface area (Å²) in [6.07, 6.45) is 0. The zero-order chi connectivity index (χ0) is 19.2. The summed E-state index contributed by atoms with van der Waals surface area (Å²) in [6, 6.07) is 13.2. The van der Waals surface area contributed by atoms with Crippen molar-refractivity contribution >= 4 is 17.4 Å². The van der Waals surface area contributed by atoms with Crippen LogP contribution in [-0.4, -0.2) is 58.4 Å². The van der Waals surface area contributed by atoms with Crippen LogP contribution in [0.15, 0.2) is 42.5 Å². The van der Waals surface area contributed by atoms with E-state index in [-0.39, 0.29) is 6.03 Å². The molecule has 1 aliphatic heterocycles. The Morgan fingerprint density at radius 2 is 1.63 bits per heavy atom. The average molecular weight is 371 g/mol. The van der Waals surface area contributed by atoms with Gasteiger partial charge in [-0.3, -0.25) is 0 Å². The molecule has 0 saturated carbocycles. The highest BCUT2D eigenvalue weighted by Crippen LogP contribution is 2.30. The maximum atomic E-state index is 12.6. The molecule has 1 aliphatic rings. The monoisotopic (exact) mass is 371 g/mol. The maximum absolute atomic E-state index is 12.6. The molecule has 2 aromatic carbocycles. The molecule has 1 N–H and O–H groups in total. The maximum Gasteiger partial charge on any atom is 0.321 e. The summed E-state index contributed by atoms with van der Waals surface area (Å²) < 4.78 is 15.8. The van der Waals surface area contributed by atoms with E-state index in [1.807, 2.05) is 23.1 Å². The number of carbonyl (C=O) groups is 1. The van der Waals surface area contributed by atoms with Gasteiger partial charge >= 0.3 is 6.03 Å². The quantitative estimate of drug-likeness (QED) is 0.875. The van der Waals surface area contributed by atoms with Crippen LogP contribution in [0.25, 0.3) is 0 Å². The van der Waals surface area contributed by atoms with Crippen molar-refractivity contribution in [2.75, 3.05) is 57.7 Å². The summed E-state index contributed by atoms with van der Waals surface area (Å²) in [5.41, 5.74) is 1.78. The molecule has 0 spiro atoms. The molecule has 3 rings (SSSR count). The van der Waals surface area contributed by atoms with Gasteiger partial charge in [-0.2, -0.15) is 0 Å². The lowest BCUT2D eigenvalue weighted by atomic mass is 10.2. The molecule has 7 nitrogen and oxygen atoms in total. The fraction of sp³-hybridized carbons (Fsp3) is 0.350. The van der Waals surface area contributed by atoms with Crippen LogP contribution < -0.4 is 24.4 Å². The minimum Gasteiger partial charge on any atom is -0.497 e. The SMILES string of the molecule is COc1cccc(N2CCN(C(=O)Nc3ccc(OC)c(OC)c3)CC2)c1. The first kappa shape index (κ1) is 18.7. The molecule has 1 heterocycles. The van der Waals surface area contributed by atoms with Crippen molar-refractivity contribution in [1.29, 1.82) is 0 Å². The Balaban J connectivity index is 1.58. The first-order chi connectivity index (χ1) is 13.1. The molecule has 0 bridgehead atoms. The third-order valence-corrected chi connectivity index (χ3v) is 4.62. The van der Waals surface area contributed by atoms with E-state index in [1.165, 1.54) is 0 Å². The van der Waals surface area contributed by atoms with Crippen LogP contribution in [0.3, 0.4) is 0 Å². The molecule has 1 fully saturated rings. The number of anilines is 2. The molecule has 0 aliphatic carbocycles. The van der Waals surface area contributed by atoms with E-state index in [4.69, 9.17) is 14.2 Å². The largest absolute Gasteiger partial charge is 0.497 e. The molecule has 0 radical (unpaired) electrons. The lowest BCUT2D eigenvalue weighted by Gasteiger charge is -2.36. The summed E-state index contributed by atoms with van der Waals surface area (Å²) in [6.45, 7) is 2.84. The summed E-state index contributed by atoms with van der Waals surface area (Å²) in [4.78, 5) is 16.6. The summed E-state index contributed by atoms with van der Waals surface area (Å²) in [5.74, 6) is 2.04. The molecule has 0 aromatic heterocycles. The molecule has 27 heavy (non-hydrogen) atoms. The zero-order valence-electron chi connectivity index (χ0n) is 15.9. The number of ether oxygens (including phenoxy) is 3. The molecular weight excluding hydrogens is 346 g/mol. The molecule has 0 atom stereocenters. The van der Waals surface area contributed by atoms with Crippen molar-refractivity contribution in [2.45, 2.75) is 0 Å². The van der Waals surface area contributed by atoms with E-state index in [2.05, 4.69) is 16.3 Å². The van der Waals surface area contributed by atoms with Gasteiger partial charge in [0.25, 0.3) is 0 Å². The van der Waals surface area contributed by atoms with Crippen molar-refractivity contribution in [1.82, 2.24) is 4.90 Å². The lowest BCUT2D eigenvalue weighted by molar-refractivity contribution is 0.208. The number of urea groups is 1. The first-order valence-corrected chi connectivity index (χ1v) is 8.81. The van der Waals surface area contributed by atoms with Gasteiger partial charge in [-0.15, -0.1) is 0 Å². The summed E-state index contributed by atoms with van der Waals surface area (Å²) in [7, 11) is 4.81. The van der Waals surface area contributed by atoms with Crippen molar-refractivity contribution < 1.29 is 19.0 Å². The lowest BCUT2D eigenvalue weighted by Crippen LogP contribution is -2.50. The van der Waals surface area contributed by atoms with E-state index in [0.717, 1.165) is 24.5 Å². The van der Waals surface area contributed by atoms with Gasteiger partial charge in [0, 0.05) is 49.7 Å². The standard InChI is InChI=1S/C20H25N3O4/c1-25-17-6-4-5-16(14-17)22-9-11-23(12-10-22)20(24)21-15-7-8-18(26-2)19(13-15)27-3/h4-8,13-14H,9-12H2,1-3H3,(H,21,24). The van der Waals surface area contributed by atoms with Crippen LogP contribution in [-0.2, 0) is 0 Å². The van der Waals surface area contributed by atoms with E-state index < -0.39 is 0 Å².